The lowest BCUT2D eigenvalue weighted by Gasteiger charge is -2.33. The highest BCUT2D eigenvalue weighted by molar-refractivity contribution is 5.98. The summed E-state index contributed by atoms with van der Waals surface area (Å²) >= 11 is 0. The summed E-state index contributed by atoms with van der Waals surface area (Å²) in [6.07, 6.45) is 0.508. The van der Waals surface area contributed by atoms with Crippen molar-refractivity contribution in [1.29, 1.82) is 0 Å². The van der Waals surface area contributed by atoms with Crippen LogP contribution < -0.4 is 10.6 Å². The number of nitrogens with one attached hydrogen (secondary N) is 2. The van der Waals surface area contributed by atoms with Crippen LogP contribution in [0.1, 0.15) is 12.8 Å². The van der Waals surface area contributed by atoms with Gasteiger partial charge in [0.15, 0.2) is 23.1 Å². The third-order valence-corrected chi connectivity index (χ3v) is 4.37. The van der Waals surface area contributed by atoms with Crippen LogP contribution in [0.2, 0.25) is 0 Å². The molecule has 1 saturated carbocycles. The van der Waals surface area contributed by atoms with E-state index >= 15 is 0 Å². The van der Waals surface area contributed by atoms with Gasteiger partial charge in [-0.2, -0.15) is 0 Å². The van der Waals surface area contributed by atoms with Crippen LogP contribution in [0.5, 0.6) is 11.5 Å². The van der Waals surface area contributed by atoms with Crippen molar-refractivity contribution in [3.63, 3.8) is 0 Å². The second-order valence-electron chi connectivity index (χ2n) is 6.12. The summed E-state index contributed by atoms with van der Waals surface area (Å²) < 4.78 is 26.5. The lowest BCUT2D eigenvalue weighted by atomic mass is 9.74. The number of hydrogen-bond donors (Lipinski definition) is 4. The van der Waals surface area contributed by atoms with E-state index in [-0.39, 0.29) is 24.2 Å². The van der Waals surface area contributed by atoms with Gasteiger partial charge in [0.25, 0.3) is 0 Å². The van der Waals surface area contributed by atoms with Gasteiger partial charge >= 0.3 is 0 Å². The number of anilines is 2. The van der Waals surface area contributed by atoms with Crippen LogP contribution >= 0.6 is 0 Å². The van der Waals surface area contributed by atoms with Crippen molar-refractivity contribution in [1.82, 2.24) is 0 Å². The molecule has 1 aliphatic rings. The predicted molar refractivity (Wildman–Crippen MR) is 89.6 cm³/mol. The molecule has 2 amide bonds. The Bertz CT molecular complexity index is 797. The highest BCUT2D eigenvalue weighted by atomic mass is 19.1. The van der Waals surface area contributed by atoms with Gasteiger partial charge in [0.1, 0.15) is 0 Å². The van der Waals surface area contributed by atoms with E-state index in [1.807, 2.05) is 0 Å². The minimum Gasteiger partial charge on any atom is -0.503 e. The molecule has 0 saturated heterocycles. The number of halogens is 2. The molecule has 1 fully saturated rings. The number of para-hydroxylation sites is 2. The first kappa shape index (κ1) is 17.7. The van der Waals surface area contributed by atoms with Crippen molar-refractivity contribution < 1.29 is 28.6 Å². The number of benzene rings is 2. The van der Waals surface area contributed by atoms with Crippen LogP contribution in [0.25, 0.3) is 0 Å². The Balaban J connectivity index is 1.55. The topological polar surface area (TPSA) is 98.7 Å². The smallest absolute Gasteiger partial charge is 0.227 e. The summed E-state index contributed by atoms with van der Waals surface area (Å²) in [5, 5.41) is 24.0. The number of amides is 2. The molecule has 0 radical (unpaired) electrons. The Labute approximate surface area is 147 Å². The average molecular weight is 362 g/mol. The summed E-state index contributed by atoms with van der Waals surface area (Å²) in [6, 6.07) is 7.57. The Morgan fingerprint density at radius 1 is 0.808 bits per heavy atom. The minimum absolute atomic E-state index is 0.0346. The highest BCUT2D eigenvalue weighted by Crippen LogP contribution is 2.37. The summed E-state index contributed by atoms with van der Waals surface area (Å²) in [4.78, 5) is 24.2. The molecule has 8 heteroatoms. The van der Waals surface area contributed by atoms with E-state index in [2.05, 4.69) is 10.6 Å². The SMILES string of the molecule is O=C(Nc1cccc(F)c1O)C1CC(C(=O)Nc2cccc(F)c2O)C1. The van der Waals surface area contributed by atoms with E-state index in [4.69, 9.17) is 0 Å². The number of carbonyl (C=O) groups excluding carboxylic acids is 2. The number of rotatable bonds is 4. The van der Waals surface area contributed by atoms with Crippen LogP contribution in [0.4, 0.5) is 20.2 Å². The van der Waals surface area contributed by atoms with Crippen LogP contribution in [0, 0.1) is 23.5 Å². The maximum Gasteiger partial charge on any atom is 0.227 e. The number of aromatic hydroxyl groups is 2. The zero-order chi connectivity index (χ0) is 18.8. The monoisotopic (exact) mass is 362 g/mol. The van der Waals surface area contributed by atoms with Gasteiger partial charge in [-0.05, 0) is 37.1 Å². The second-order valence-corrected chi connectivity index (χ2v) is 6.12. The number of phenolic OH excluding ortho intramolecular Hbond substituents is 2. The molecule has 0 heterocycles. The summed E-state index contributed by atoms with van der Waals surface area (Å²) in [6.45, 7) is 0. The quantitative estimate of drug-likeness (QED) is 0.629. The molecule has 0 bridgehead atoms. The number of phenols is 2. The average Bonchev–Trinajstić information content (AvgIpc) is 2.55. The molecule has 0 unspecified atom stereocenters. The zero-order valence-corrected chi connectivity index (χ0v) is 13.5. The maximum atomic E-state index is 13.3. The molecular weight excluding hydrogens is 346 g/mol. The Morgan fingerprint density at radius 3 is 1.58 bits per heavy atom. The largest absolute Gasteiger partial charge is 0.503 e. The second kappa shape index (κ2) is 6.99. The van der Waals surface area contributed by atoms with Crippen molar-refractivity contribution >= 4 is 23.2 Å². The van der Waals surface area contributed by atoms with E-state index in [1.54, 1.807) is 0 Å². The molecule has 0 atom stereocenters. The normalized spacial score (nSPS) is 18.7. The fourth-order valence-electron chi connectivity index (χ4n) is 2.75. The number of hydrogen-bond acceptors (Lipinski definition) is 4. The predicted octanol–water partition coefficient (Wildman–Crippen LogP) is 2.98. The molecule has 136 valence electrons. The van der Waals surface area contributed by atoms with Gasteiger partial charge < -0.3 is 20.8 Å². The first-order valence-electron chi connectivity index (χ1n) is 7.93. The van der Waals surface area contributed by atoms with Crippen molar-refractivity contribution in [2.24, 2.45) is 11.8 Å². The van der Waals surface area contributed by atoms with Gasteiger partial charge in [-0.15, -0.1) is 0 Å². The molecule has 26 heavy (non-hydrogen) atoms. The molecular formula is C18H16F2N2O4. The number of carbonyl (C=O) groups is 2. The molecule has 6 nitrogen and oxygen atoms in total. The fraction of sp³-hybridized carbons (Fsp3) is 0.222. The van der Waals surface area contributed by atoms with Gasteiger partial charge in [-0.1, -0.05) is 12.1 Å². The molecule has 2 aromatic rings. The lowest BCUT2D eigenvalue weighted by molar-refractivity contribution is -0.129. The van der Waals surface area contributed by atoms with Crippen molar-refractivity contribution in [3.8, 4) is 11.5 Å². The van der Waals surface area contributed by atoms with E-state index in [1.165, 1.54) is 24.3 Å². The Hall–Kier alpha value is -3.16. The first-order valence-corrected chi connectivity index (χ1v) is 7.93. The third-order valence-electron chi connectivity index (χ3n) is 4.37. The van der Waals surface area contributed by atoms with Crippen molar-refractivity contribution in [2.75, 3.05) is 10.6 Å². The molecule has 0 aromatic heterocycles. The minimum atomic E-state index is -0.844. The van der Waals surface area contributed by atoms with Crippen LogP contribution in [-0.2, 0) is 9.59 Å². The van der Waals surface area contributed by atoms with Crippen molar-refractivity contribution in [2.45, 2.75) is 12.8 Å². The van der Waals surface area contributed by atoms with E-state index in [9.17, 15) is 28.6 Å². The van der Waals surface area contributed by atoms with Crippen LogP contribution in [0.15, 0.2) is 36.4 Å². The summed E-state index contributed by atoms with van der Waals surface area (Å²) in [7, 11) is 0. The molecule has 1 aliphatic carbocycles. The first-order chi connectivity index (χ1) is 12.4. The van der Waals surface area contributed by atoms with Crippen LogP contribution in [0.3, 0.4) is 0 Å². The van der Waals surface area contributed by atoms with Crippen LogP contribution in [-0.4, -0.2) is 22.0 Å². The van der Waals surface area contributed by atoms with Gasteiger partial charge in [-0.25, -0.2) is 8.78 Å². The summed E-state index contributed by atoms with van der Waals surface area (Å²) in [5.74, 6) is -4.75. The van der Waals surface area contributed by atoms with E-state index < -0.39 is 46.8 Å². The standard InChI is InChI=1S/C18H16F2N2O4/c19-11-3-1-5-13(15(11)23)21-17(25)9-7-10(8-9)18(26)22-14-6-2-4-12(20)16(14)24/h1-6,9-10,23-24H,7-8H2,(H,21,25)(H,22,26). The van der Waals surface area contributed by atoms with E-state index in [0.29, 0.717) is 0 Å². The Kier molecular flexibility index (Phi) is 4.75. The molecule has 0 aliphatic heterocycles. The van der Waals surface area contributed by atoms with Gasteiger partial charge in [0.05, 0.1) is 11.4 Å². The zero-order valence-electron chi connectivity index (χ0n) is 13.5. The summed E-state index contributed by atoms with van der Waals surface area (Å²) in [5.41, 5.74) is -0.0693. The molecule has 3 rings (SSSR count). The third kappa shape index (κ3) is 3.44. The van der Waals surface area contributed by atoms with E-state index in [0.717, 1.165) is 12.1 Å². The highest BCUT2D eigenvalue weighted by Gasteiger charge is 2.39. The van der Waals surface area contributed by atoms with Gasteiger partial charge in [-0.3, -0.25) is 9.59 Å². The van der Waals surface area contributed by atoms with Gasteiger partial charge in [0.2, 0.25) is 11.8 Å². The molecule has 2 aromatic carbocycles. The molecule has 4 N–H and O–H groups in total. The maximum absolute atomic E-state index is 13.3. The molecule has 0 spiro atoms. The van der Waals surface area contributed by atoms with Gasteiger partial charge in [0, 0.05) is 11.8 Å². The fourth-order valence-corrected chi connectivity index (χ4v) is 2.75. The van der Waals surface area contributed by atoms with Crippen molar-refractivity contribution in [3.05, 3.63) is 48.0 Å². The lowest BCUT2D eigenvalue weighted by Crippen LogP contribution is -2.40. The Morgan fingerprint density at radius 2 is 1.19 bits per heavy atom.